The van der Waals surface area contributed by atoms with E-state index in [0.717, 1.165) is 18.5 Å². The van der Waals surface area contributed by atoms with Gasteiger partial charge >= 0.3 is 0 Å². The second-order valence-electron chi connectivity index (χ2n) is 8.23. The van der Waals surface area contributed by atoms with Gasteiger partial charge in [-0.15, -0.1) is 0 Å². The molecule has 2 heterocycles. The van der Waals surface area contributed by atoms with Crippen molar-refractivity contribution < 1.29 is 5.11 Å². The lowest BCUT2D eigenvalue weighted by molar-refractivity contribution is 0.00364. The van der Waals surface area contributed by atoms with Gasteiger partial charge in [0.25, 0.3) is 0 Å². The summed E-state index contributed by atoms with van der Waals surface area (Å²) in [4.78, 5) is 5.23. The van der Waals surface area contributed by atoms with Crippen LogP contribution in [0.15, 0.2) is 0 Å². The summed E-state index contributed by atoms with van der Waals surface area (Å²) in [5, 5.41) is 10.5. The molecule has 20 heavy (non-hydrogen) atoms. The van der Waals surface area contributed by atoms with Crippen molar-refractivity contribution in [1.29, 1.82) is 0 Å². The van der Waals surface area contributed by atoms with E-state index in [1.165, 1.54) is 51.7 Å². The SMILES string of the molecule is CN1CCCC2CN(CC3CCC(C)(C)C3O)CCC21. The standard InChI is InChI=1S/C17H32N2O/c1-17(2)8-6-14(16(17)20)12-19-10-7-15-13(11-19)5-4-9-18(15)3/h13-16,20H,4-12H2,1-3H3. The van der Waals surface area contributed by atoms with E-state index in [-0.39, 0.29) is 11.5 Å². The normalized spacial score (nSPS) is 42.6. The highest BCUT2D eigenvalue weighted by atomic mass is 16.3. The molecule has 4 atom stereocenters. The highest BCUT2D eigenvalue weighted by molar-refractivity contribution is 4.94. The van der Waals surface area contributed by atoms with Gasteiger partial charge in [-0.3, -0.25) is 0 Å². The van der Waals surface area contributed by atoms with E-state index in [9.17, 15) is 5.11 Å². The predicted molar refractivity (Wildman–Crippen MR) is 82.7 cm³/mol. The number of piperidine rings is 2. The Labute approximate surface area is 124 Å². The molecule has 3 nitrogen and oxygen atoms in total. The molecule has 0 spiro atoms. The molecule has 116 valence electrons. The van der Waals surface area contributed by atoms with Gasteiger partial charge in [0.2, 0.25) is 0 Å². The fraction of sp³-hybridized carbons (Fsp3) is 1.00. The van der Waals surface area contributed by atoms with E-state index in [2.05, 4.69) is 30.7 Å². The van der Waals surface area contributed by atoms with Gasteiger partial charge < -0.3 is 14.9 Å². The molecule has 1 saturated carbocycles. The number of nitrogens with zero attached hydrogens (tertiary/aromatic N) is 2. The summed E-state index contributed by atoms with van der Waals surface area (Å²) in [6, 6.07) is 0.824. The predicted octanol–water partition coefficient (Wildman–Crippen LogP) is 2.20. The molecule has 1 aliphatic carbocycles. The monoisotopic (exact) mass is 280 g/mol. The molecule has 0 bridgehead atoms. The zero-order valence-corrected chi connectivity index (χ0v) is 13.5. The van der Waals surface area contributed by atoms with Crippen molar-refractivity contribution in [2.75, 3.05) is 33.2 Å². The van der Waals surface area contributed by atoms with Gasteiger partial charge in [0.15, 0.2) is 0 Å². The first-order valence-electron chi connectivity index (χ1n) is 8.58. The van der Waals surface area contributed by atoms with Crippen LogP contribution in [0.2, 0.25) is 0 Å². The van der Waals surface area contributed by atoms with Crippen molar-refractivity contribution >= 4 is 0 Å². The number of aliphatic hydroxyl groups is 1. The fourth-order valence-corrected chi connectivity index (χ4v) is 4.92. The van der Waals surface area contributed by atoms with Gasteiger partial charge in [0, 0.05) is 19.1 Å². The molecule has 0 aromatic rings. The fourth-order valence-electron chi connectivity index (χ4n) is 4.92. The Hall–Kier alpha value is -0.120. The van der Waals surface area contributed by atoms with Crippen LogP contribution in [0.25, 0.3) is 0 Å². The molecule has 0 radical (unpaired) electrons. The Bertz CT molecular complexity index is 344. The third kappa shape index (κ3) is 2.77. The van der Waals surface area contributed by atoms with Crippen molar-refractivity contribution in [3.05, 3.63) is 0 Å². The van der Waals surface area contributed by atoms with E-state index >= 15 is 0 Å². The van der Waals surface area contributed by atoms with Crippen LogP contribution in [-0.2, 0) is 0 Å². The van der Waals surface area contributed by atoms with Gasteiger partial charge in [-0.25, -0.2) is 0 Å². The van der Waals surface area contributed by atoms with Gasteiger partial charge in [-0.1, -0.05) is 13.8 Å². The number of fused-ring (bicyclic) bond motifs is 1. The minimum absolute atomic E-state index is 0.103. The molecule has 0 aromatic heterocycles. The number of hydrogen-bond acceptors (Lipinski definition) is 3. The summed E-state index contributed by atoms with van der Waals surface area (Å²) in [5.74, 6) is 1.37. The number of rotatable bonds is 2. The van der Waals surface area contributed by atoms with Crippen molar-refractivity contribution in [3.63, 3.8) is 0 Å². The van der Waals surface area contributed by atoms with E-state index in [1.807, 2.05) is 0 Å². The Kier molecular flexibility index (Phi) is 4.13. The molecule has 0 amide bonds. The van der Waals surface area contributed by atoms with Crippen LogP contribution in [0.4, 0.5) is 0 Å². The summed E-state index contributed by atoms with van der Waals surface area (Å²) in [6.07, 6.45) is 6.39. The van der Waals surface area contributed by atoms with Gasteiger partial charge in [0.05, 0.1) is 6.10 Å². The largest absolute Gasteiger partial charge is 0.392 e. The molecule has 2 aliphatic heterocycles. The van der Waals surface area contributed by atoms with Crippen LogP contribution in [0.1, 0.15) is 46.0 Å². The number of likely N-dealkylation sites (tertiary alicyclic amines) is 2. The summed E-state index contributed by atoms with van der Waals surface area (Å²) in [5.41, 5.74) is 0.133. The molecule has 3 fully saturated rings. The Morgan fingerprint density at radius 3 is 2.65 bits per heavy atom. The van der Waals surface area contributed by atoms with Crippen molar-refractivity contribution in [2.24, 2.45) is 17.3 Å². The molecule has 3 aliphatic rings. The molecule has 0 aromatic carbocycles. The third-order valence-corrected chi connectivity index (χ3v) is 6.33. The third-order valence-electron chi connectivity index (χ3n) is 6.33. The second kappa shape index (κ2) is 5.58. The van der Waals surface area contributed by atoms with Crippen LogP contribution in [0, 0.1) is 17.3 Å². The average molecular weight is 280 g/mol. The minimum Gasteiger partial charge on any atom is -0.392 e. The van der Waals surface area contributed by atoms with E-state index in [4.69, 9.17) is 0 Å². The van der Waals surface area contributed by atoms with E-state index in [1.54, 1.807) is 0 Å². The lowest BCUT2D eigenvalue weighted by Gasteiger charge is -2.46. The van der Waals surface area contributed by atoms with Crippen molar-refractivity contribution in [2.45, 2.75) is 58.1 Å². The maximum absolute atomic E-state index is 10.5. The topological polar surface area (TPSA) is 26.7 Å². The summed E-state index contributed by atoms with van der Waals surface area (Å²) in [6.45, 7) is 9.35. The summed E-state index contributed by atoms with van der Waals surface area (Å²) in [7, 11) is 2.30. The first kappa shape index (κ1) is 14.8. The van der Waals surface area contributed by atoms with Gasteiger partial charge in [-0.05, 0) is 69.5 Å². The van der Waals surface area contributed by atoms with Crippen molar-refractivity contribution in [1.82, 2.24) is 9.80 Å². The molecular weight excluding hydrogens is 248 g/mol. The van der Waals surface area contributed by atoms with Crippen LogP contribution >= 0.6 is 0 Å². The summed E-state index contributed by atoms with van der Waals surface area (Å²) >= 11 is 0. The van der Waals surface area contributed by atoms with Crippen LogP contribution in [0.5, 0.6) is 0 Å². The first-order valence-corrected chi connectivity index (χ1v) is 8.58. The van der Waals surface area contributed by atoms with Gasteiger partial charge in [0.1, 0.15) is 0 Å². The number of hydrogen-bond donors (Lipinski definition) is 1. The summed E-state index contributed by atoms with van der Waals surface area (Å²) < 4.78 is 0. The van der Waals surface area contributed by atoms with Crippen molar-refractivity contribution in [3.8, 4) is 0 Å². The van der Waals surface area contributed by atoms with Crippen LogP contribution in [0.3, 0.4) is 0 Å². The Morgan fingerprint density at radius 1 is 1.15 bits per heavy atom. The van der Waals surface area contributed by atoms with Crippen LogP contribution < -0.4 is 0 Å². The van der Waals surface area contributed by atoms with Gasteiger partial charge in [-0.2, -0.15) is 0 Å². The zero-order valence-electron chi connectivity index (χ0n) is 13.5. The molecule has 3 rings (SSSR count). The second-order valence-corrected chi connectivity index (χ2v) is 8.23. The lowest BCUT2D eigenvalue weighted by Crippen LogP contribution is -2.53. The number of aliphatic hydroxyl groups excluding tert-OH is 1. The molecule has 1 N–H and O–H groups in total. The Balaban J connectivity index is 1.55. The Morgan fingerprint density at radius 2 is 1.95 bits per heavy atom. The smallest absolute Gasteiger partial charge is 0.0631 e. The average Bonchev–Trinajstić information content (AvgIpc) is 2.66. The highest BCUT2D eigenvalue weighted by Crippen LogP contribution is 2.42. The molecular formula is C17H32N2O. The lowest BCUT2D eigenvalue weighted by atomic mass is 9.83. The first-order chi connectivity index (χ1) is 9.47. The quantitative estimate of drug-likeness (QED) is 0.840. The van der Waals surface area contributed by atoms with E-state index in [0.29, 0.717) is 5.92 Å². The molecule has 4 unspecified atom stereocenters. The molecule has 3 heteroatoms. The highest BCUT2D eigenvalue weighted by Gasteiger charge is 2.42. The van der Waals surface area contributed by atoms with E-state index < -0.39 is 0 Å². The van der Waals surface area contributed by atoms with Crippen LogP contribution in [-0.4, -0.2) is 60.3 Å². The minimum atomic E-state index is -0.103. The molecule has 2 saturated heterocycles. The zero-order chi connectivity index (χ0) is 14.3. The maximum Gasteiger partial charge on any atom is 0.0631 e. The maximum atomic E-state index is 10.5.